The summed E-state index contributed by atoms with van der Waals surface area (Å²) >= 11 is 0.685. The molecule has 9 nitrogen and oxygen atoms in total. The van der Waals surface area contributed by atoms with E-state index < -0.39 is 21.6 Å². The highest BCUT2D eigenvalue weighted by molar-refractivity contribution is 8.19. The average Bonchev–Trinajstić information content (AvgIpc) is 3.14. The number of para-hydroxylation sites is 1. The van der Waals surface area contributed by atoms with Crippen molar-refractivity contribution < 1.29 is 14.5 Å². The SMILES string of the molecule is Cc1c(N2C(=O)S/C(=C\c3cccc([N+](=O)[O-])c3)C2=O)c(=O)n(-c2ccccc2)n1C. The van der Waals surface area contributed by atoms with Gasteiger partial charge in [0.1, 0.15) is 5.69 Å². The zero-order valence-electron chi connectivity index (χ0n) is 16.5. The Bertz CT molecular complexity index is 1320. The van der Waals surface area contributed by atoms with E-state index in [2.05, 4.69) is 0 Å². The minimum Gasteiger partial charge on any atom is -0.283 e. The first kappa shape index (κ1) is 20.4. The molecule has 0 atom stereocenters. The van der Waals surface area contributed by atoms with Gasteiger partial charge in [0, 0.05) is 19.2 Å². The molecule has 2 amide bonds. The Morgan fingerprint density at radius 2 is 1.74 bits per heavy atom. The van der Waals surface area contributed by atoms with Crippen LogP contribution >= 0.6 is 11.8 Å². The van der Waals surface area contributed by atoms with E-state index in [1.807, 2.05) is 6.07 Å². The largest absolute Gasteiger partial charge is 0.298 e. The zero-order chi connectivity index (χ0) is 22.3. The number of imide groups is 1. The van der Waals surface area contributed by atoms with Crippen molar-refractivity contribution in [2.45, 2.75) is 6.92 Å². The molecule has 156 valence electrons. The molecule has 4 rings (SSSR count). The number of nitro benzene ring substituents is 1. The van der Waals surface area contributed by atoms with Crippen LogP contribution in [-0.2, 0) is 11.8 Å². The lowest BCUT2D eigenvalue weighted by Gasteiger charge is -2.10. The van der Waals surface area contributed by atoms with Gasteiger partial charge in [-0.2, -0.15) is 0 Å². The average molecular weight is 436 g/mol. The molecule has 0 bridgehead atoms. The van der Waals surface area contributed by atoms with Crippen LogP contribution in [0.2, 0.25) is 0 Å². The number of carbonyl (C=O) groups is 2. The van der Waals surface area contributed by atoms with Gasteiger partial charge in [0.15, 0.2) is 0 Å². The van der Waals surface area contributed by atoms with Crippen LogP contribution in [0.5, 0.6) is 0 Å². The van der Waals surface area contributed by atoms with Gasteiger partial charge < -0.3 is 0 Å². The van der Waals surface area contributed by atoms with E-state index in [0.29, 0.717) is 28.7 Å². The maximum absolute atomic E-state index is 13.2. The summed E-state index contributed by atoms with van der Waals surface area (Å²) in [4.78, 5) is 50.3. The van der Waals surface area contributed by atoms with Crippen molar-refractivity contribution in [1.82, 2.24) is 9.36 Å². The highest BCUT2D eigenvalue weighted by atomic mass is 32.2. The van der Waals surface area contributed by atoms with E-state index in [-0.39, 0.29) is 16.3 Å². The van der Waals surface area contributed by atoms with Gasteiger partial charge in [-0.1, -0.05) is 30.3 Å². The number of aromatic nitrogens is 2. The second-order valence-electron chi connectivity index (χ2n) is 6.78. The van der Waals surface area contributed by atoms with Crippen LogP contribution in [-0.4, -0.2) is 25.4 Å². The Hall–Kier alpha value is -3.92. The summed E-state index contributed by atoms with van der Waals surface area (Å²) < 4.78 is 2.97. The minimum absolute atomic E-state index is 0.0173. The minimum atomic E-state index is -0.646. The molecule has 31 heavy (non-hydrogen) atoms. The van der Waals surface area contributed by atoms with Crippen molar-refractivity contribution in [3.05, 3.63) is 91.2 Å². The first-order valence-corrected chi connectivity index (χ1v) is 9.97. The monoisotopic (exact) mass is 436 g/mol. The van der Waals surface area contributed by atoms with Crippen molar-refractivity contribution in [2.75, 3.05) is 4.90 Å². The molecule has 2 heterocycles. The number of benzene rings is 2. The standard InChI is InChI=1S/C21H16N4O5S/c1-13-18(20(27)24(22(13)2)15-8-4-3-5-9-15)23-19(26)17(31-21(23)28)12-14-7-6-10-16(11-14)25(29)30/h3-12H,1-2H3/b17-12-. The van der Waals surface area contributed by atoms with Gasteiger partial charge >= 0.3 is 0 Å². The Labute approximate surface area is 180 Å². The molecule has 1 saturated heterocycles. The molecule has 1 aromatic heterocycles. The number of non-ortho nitro benzene ring substituents is 1. The molecule has 10 heteroatoms. The molecule has 0 spiro atoms. The number of nitro groups is 1. The number of carbonyl (C=O) groups excluding carboxylic acids is 2. The van der Waals surface area contributed by atoms with Crippen LogP contribution in [0, 0.1) is 17.0 Å². The normalized spacial score (nSPS) is 15.2. The number of anilines is 1. The molecular formula is C21H16N4O5S. The Balaban J connectivity index is 1.77. The fraction of sp³-hybridized carbons (Fsp3) is 0.0952. The highest BCUT2D eigenvalue weighted by Gasteiger charge is 2.40. The van der Waals surface area contributed by atoms with Gasteiger partial charge in [-0.3, -0.25) is 29.2 Å². The van der Waals surface area contributed by atoms with Crippen molar-refractivity contribution in [1.29, 1.82) is 0 Å². The second-order valence-corrected chi connectivity index (χ2v) is 7.77. The highest BCUT2D eigenvalue weighted by Crippen LogP contribution is 2.36. The van der Waals surface area contributed by atoms with Crippen molar-refractivity contribution in [2.24, 2.45) is 7.05 Å². The summed E-state index contributed by atoms with van der Waals surface area (Å²) in [6.07, 6.45) is 1.41. The maximum Gasteiger partial charge on any atom is 0.298 e. The Morgan fingerprint density at radius 3 is 2.42 bits per heavy atom. The Morgan fingerprint density at radius 1 is 1.03 bits per heavy atom. The molecule has 0 unspecified atom stereocenters. The van der Waals surface area contributed by atoms with E-state index >= 15 is 0 Å². The molecule has 0 radical (unpaired) electrons. The number of rotatable bonds is 4. The van der Waals surface area contributed by atoms with Gasteiger partial charge in [-0.25, -0.2) is 9.58 Å². The summed E-state index contributed by atoms with van der Waals surface area (Å²) in [7, 11) is 1.67. The van der Waals surface area contributed by atoms with Crippen LogP contribution in [0.4, 0.5) is 16.2 Å². The fourth-order valence-corrected chi connectivity index (χ4v) is 4.18. The van der Waals surface area contributed by atoms with Crippen molar-refractivity contribution in [3.63, 3.8) is 0 Å². The fourth-order valence-electron chi connectivity index (χ4n) is 3.35. The molecule has 1 aliphatic rings. The Kier molecular flexibility index (Phi) is 5.07. The second kappa shape index (κ2) is 7.73. The van der Waals surface area contributed by atoms with Crippen LogP contribution in [0.25, 0.3) is 11.8 Å². The summed E-state index contributed by atoms with van der Waals surface area (Å²) in [6.45, 7) is 1.66. The van der Waals surface area contributed by atoms with Crippen LogP contribution in [0.3, 0.4) is 0 Å². The molecule has 1 fully saturated rings. The van der Waals surface area contributed by atoms with Crippen molar-refractivity contribution in [3.8, 4) is 5.69 Å². The lowest BCUT2D eigenvalue weighted by Crippen LogP contribution is -2.33. The quantitative estimate of drug-likeness (QED) is 0.351. The lowest BCUT2D eigenvalue weighted by molar-refractivity contribution is -0.384. The number of hydrogen-bond acceptors (Lipinski definition) is 6. The van der Waals surface area contributed by atoms with Gasteiger partial charge in [0.2, 0.25) is 0 Å². The van der Waals surface area contributed by atoms with E-state index in [4.69, 9.17) is 0 Å². The molecule has 1 aliphatic heterocycles. The van der Waals surface area contributed by atoms with Gasteiger partial charge in [0.05, 0.1) is 21.2 Å². The van der Waals surface area contributed by atoms with Gasteiger partial charge in [0.25, 0.3) is 22.4 Å². The molecule has 0 N–H and O–H groups in total. The van der Waals surface area contributed by atoms with E-state index in [9.17, 15) is 24.5 Å². The number of nitrogens with zero attached hydrogens (tertiary/aromatic N) is 4. The molecule has 2 aromatic carbocycles. The van der Waals surface area contributed by atoms with E-state index in [0.717, 1.165) is 4.90 Å². The van der Waals surface area contributed by atoms with Crippen molar-refractivity contribution >= 4 is 40.4 Å². The summed E-state index contributed by atoms with van der Waals surface area (Å²) in [5.74, 6) is -0.646. The third kappa shape index (κ3) is 3.46. The third-order valence-corrected chi connectivity index (χ3v) is 5.79. The lowest BCUT2D eigenvalue weighted by atomic mass is 10.2. The summed E-state index contributed by atoms with van der Waals surface area (Å²) in [5, 5.41) is 10.4. The van der Waals surface area contributed by atoms with Crippen LogP contribution < -0.4 is 10.5 Å². The molecule has 0 saturated carbocycles. The van der Waals surface area contributed by atoms with Crippen LogP contribution in [0.15, 0.2) is 64.3 Å². The summed E-state index contributed by atoms with van der Waals surface area (Å²) in [6, 6.07) is 14.6. The van der Waals surface area contributed by atoms with E-state index in [1.165, 1.54) is 29.0 Å². The number of thioether (sulfide) groups is 1. The molecule has 0 aliphatic carbocycles. The maximum atomic E-state index is 13.2. The first-order chi connectivity index (χ1) is 14.8. The number of amides is 2. The predicted octanol–water partition coefficient (Wildman–Crippen LogP) is 3.63. The van der Waals surface area contributed by atoms with Gasteiger partial charge in [-0.15, -0.1) is 0 Å². The third-order valence-electron chi connectivity index (χ3n) is 4.92. The summed E-state index contributed by atoms with van der Waals surface area (Å²) in [5.41, 5.74) is 0.821. The van der Waals surface area contributed by atoms with Crippen LogP contribution in [0.1, 0.15) is 11.3 Å². The zero-order valence-corrected chi connectivity index (χ0v) is 17.3. The van der Waals surface area contributed by atoms with E-state index in [1.54, 1.807) is 49.0 Å². The first-order valence-electron chi connectivity index (χ1n) is 9.16. The topological polar surface area (TPSA) is 107 Å². The smallest absolute Gasteiger partial charge is 0.283 e. The van der Waals surface area contributed by atoms with Gasteiger partial charge in [-0.05, 0) is 42.5 Å². The molecule has 3 aromatic rings. The predicted molar refractivity (Wildman–Crippen MR) is 117 cm³/mol. The molecular weight excluding hydrogens is 420 g/mol. The number of hydrogen-bond donors (Lipinski definition) is 0.